The number of imide groups is 1. The van der Waals surface area contributed by atoms with E-state index < -0.39 is 0 Å². The number of hydrogen-bond acceptors (Lipinski definition) is 2. The number of rotatable bonds is 2. The van der Waals surface area contributed by atoms with Gasteiger partial charge in [-0.05, 0) is 42.8 Å². The molecule has 1 atom stereocenters. The molecule has 106 valence electrons. The molecular formula is C16H11Br2NO2. The van der Waals surface area contributed by atoms with Crippen LogP contribution in [0, 0.1) is 0 Å². The van der Waals surface area contributed by atoms with Crippen molar-refractivity contribution in [3.63, 3.8) is 0 Å². The van der Waals surface area contributed by atoms with E-state index in [4.69, 9.17) is 0 Å². The molecule has 0 radical (unpaired) electrons. The Labute approximate surface area is 139 Å². The lowest BCUT2D eigenvalue weighted by molar-refractivity contribution is 0.0595. The highest BCUT2D eigenvalue weighted by Gasteiger charge is 2.38. The number of halogens is 2. The lowest BCUT2D eigenvalue weighted by Crippen LogP contribution is -2.32. The minimum atomic E-state index is -0.302. The van der Waals surface area contributed by atoms with Crippen LogP contribution in [0.1, 0.15) is 39.2 Å². The Hall–Kier alpha value is -1.46. The van der Waals surface area contributed by atoms with Gasteiger partial charge in [0, 0.05) is 8.95 Å². The zero-order valence-corrected chi connectivity index (χ0v) is 14.3. The largest absolute Gasteiger partial charge is 0.269 e. The molecule has 0 saturated heterocycles. The van der Waals surface area contributed by atoms with Crippen molar-refractivity contribution in [1.82, 2.24) is 4.90 Å². The summed E-state index contributed by atoms with van der Waals surface area (Å²) in [4.78, 5) is 26.3. The van der Waals surface area contributed by atoms with Crippen molar-refractivity contribution in [1.29, 1.82) is 0 Å². The van der Waals surface area contributed by atoms with Crippen molar-refractivity contribution >= 4 is 43.7 Å². The van der Waals surface area contributed by atoms with E-state index in [1.54, 1.807) is 18.2 Å². The minimum Gasteiger partial charge on any atom is -0.269 e. The smallest absolute Gasteiger partial charge is 0.262 e. The molecule has 3 rings (SSSR count). The SMILES string of the molecule is CC(c1ccc(Br)cc1)N1C(=O)c2ccc(Br)cc2C1=O. The number of amides is 2. The van der Waals surface area contributed by atoms with Crippen molar-refractivity contribution < 1.29 is 9.59 Å². The Balaban J connectivity index is 1.99. The summed E-state index contributed by atoms with van der Waals surface area (Å²) >= 11 is 6.72. The maximum atomic E-state index is 12.5. The molecule has 0 N–H and O–H groups in total. The van der Waals surface area contributed by atoms with Crippen LogP contribution in [0.3, 0.4) is 0 Å². The second-order valence-corrected chi connectivity index (χ2v) is 6.73. The first-order chi connectivity index (χ1) is 9.99. The number of fused-ring (bicyclic) bond motifs is 1. The zero-order valence-electron chi connectivity index (χ0n) is 11.1. The van der Waals surface area contributed by atoms with E-state index in [1.807, 2.05) is 31.2 Å². The minimum absolute atomic E-state index is 0.238. The standard InChI is InChI=1S/C16H11Br2NO2/c1-9(10-2-4-11(17)5-3-10)19-15(20)13-7-6-12(18)8-14(13)16(19)21/h2-9H,1H3. The third kappa shape index (κ3) is 2.45. The van der Waals surface area contributed by atoms with E-state index in [-0.39, 0.29) is 17.9 Å². The third-order valence-electron chi connectivity index (χ3n) is 3.62. The van der Waals surface area contributed by atoms with Gasteiger partial charge in [0.05, 0.1) is 17.2 Å². The van der Waals surface area contributed by atoms with Gasteiger partial charge in [0.1, 0.15) is 0 Å². The van der Waals surface area contributed by atoms with Crippen LogP contribution in [0.4, 0.5) is 0 Å². The fourth-order valence-electron chi connectivity index (χ4n) is 2.47. The van der Waals surface area contributed by atoms with E-state index in [9.17, 15) is 9.59 Å². The molecule has 0 aromatic heterocycles. The molecule has 2 amide bonds. The van der Waals surface area contributed by atoms with Gasteiger partial charge >= 0.3 is 0 Å². The molecule has 1 unspecified atom stereocenters. The van der Waals surface area contributed by atoms with Crippen LogP contribution in [0.15, 0.2) is 51.4 Å². The van der Waals surface area contributed by atoms with Gasteiger partial charge in [-0.15, -0.1) is 0 Å². The number of carbonyl (C=O) groups is 2. The lowest BCUT2D eigenvalue weighted by atomic mass is 10.1. The molecule has 2 aromatic rings. The molecule has 1 aliphatic rings. The van der Waals surface area contributed by atoms with Gasteiger partial charge in [-0.25, -0.2) is 0 Å². The Morgan fingerprint density at radius 3 is 2.10 bits per heavy atom. The van der Waals surface area contributed by atoms with Gasteiger partial charge in [0.15, 0.2) is 0 Å². The van der Waals surface area contributed by atoms with Crippen LogP contribution in [0.25, 0.3) is 0 Å². The first-order valence-corrected chi connectivity index (χ1v) is 8.00. The number of nitrogens with zero attached hydrogens (tertiary/aromatic N) is 1. The van der Waals surface area contributed by atoms with Gasteiger partial charge in [-0.1, -0.05) is 44.0 Å². The summed E-state index contributed by atoms with van der Waals surface area (Å²) in [6.07, 6.45) is 0. The summed E-state index contributed by atoms with van der Waals surface area (Å²) < 4.78 is 1.75. The average molecular weight is 409 g/mol. The zero-order chi connectivity index (χ0) is 15.1. The van der Waals surface area contributed by atoms with Gasteiger partial charge in [0.25, 0.3) is 11.8 Å². The van der Waals surface area contributed by atoms with E-state index in [2.05, 4.69) is 31.9 Å². The predicted molar refractivity (Wildman–Crippen MR) is 87.2 cm³/mol. The number of carbonyl (C=O) groups excluding carboxylic acids is 2. The Morgan fingerprint density at radius 1 is 0.857 bits per heavy atom. The predicted octanol–water partition coefficient (Wildman–Crippen LogP) is 4.57. The van der Waals surface area contributed by atoms with Crippen LogP contribution in [-0.4, -0.2) is 16.7 Å². The Kier molecular flexibility index (Phi) is 3.71. The van der Waals surface area contributed by atoms with Crippen LogP contribution < -0.4 is 0 Å². The molecule has 0 saturated carbocycles. The lowest BCUT2D eigenvalue weighted by Gasteiger charge is -2.22. The van der Waals surface area contributed by atoms with Crippen LogP contribution >= 0.6 is 31.9 Å². The van der Waals surface area contributed by atoms with Crippen molar-refractivity contribution in [2.75, 3.05) is 0 Å². The molecule has 5 heteroatoms. The van der Waals surface area contributed by atoms with Crippen molar-refractivity contribution in [2.45, 2.75) is 13.0 Å². The topological polar surface area (TPSA) is 37.4 Å². The van der Waals surface area contributed by atoms with Crippen molar-refractivity contribution in [2.24, 2.45) is 0 Å². The van der Waals surface area contributed by atoms with Gasteiger partial charge in [-0.3, -0.25) is 14.5 Å². The molecule has 1 heterocycles. The second-order valence-electron chi connectivity index (χ2n) is 4.90. The molecular weight excluding hydrogens is 398 g/mol. The summed E-state index contributed by atoms with van der Waals surface area (Å²) in [5.74, 6) is -0.482. The van der Waals surface area contributed by atoms with Gasteiger partial charge in [0.2, 0.25) is 0 Å². The van der Waals surface area contributed by atoms with Crippen molar-refractivity contribution in [3.8, 4) is 0 Å². The van der Waals surface area contributed by atoms with Crippen LogP contribution in [0.2, 0.25) is 0 Å². The van der Waals surface area contributed by atoms with Gasteiger partial charge < -0.3 is 0 Å². The molecule has 1 aliphatic heterocycles. The molecule has 0 bridgehead atoms. The Morgan fingerprint density at radius 2 is 1.43 bits per heavy atom. The van der Waals surface area contributed by atoms with Crippen LogP contribution in [0.5, 0.6) is 0 Å². The van der Waals surface area contributed by atoms with E-state index in [1.165, 1.54) is 4.90 Å². The fourth-order valence-corrected chi connectivity index (χ4v) is 3.10. The highest BCUT2D eigenvalue weighted by Crippen LogP contribution is 2.32. The monoisotopic (exact) mass is 407 g/mol. The van der Waals surface area contributed by atoms with Crippen molar-refractivity contribution in [3.05, 3.63) is 68.1 Å². The first kappa shape index (κ1) is 14.5. The quantitative estimate of drug-likeness (QED) is 0.682. The highest BCUT2D eigenvalue weighted by atomic mass is 79.9. The maximum Gasteiger partial charge on any atom is 0.262 e. The normalized spacial score (nSPS) is 15.3. The fraction of sp³-hybridized carbons (Fsp3) is 0.125. The molecule has 0 fully saturated rings. The molecule has 3 nitrogen and oxygen atoms in total. The van der Waals surface area contributed by atoms with E-state index in [0.29, 0.717) is 11.1 Å². The molecule has 2 aromatic carbocycles. The summed E-state index contributed by atoms with van der Waals surface area (Å²) in [6, 6.07) is 12.5. The third-order valence-corrected chi connectivity index (χ3v) is 4.64. The summed E-state index contributed by atoms with van der Waals surface area (Å²) in [6.45, 7) is 1.86. The Bertz CT molecular complexity index is 740. The molecule has 0 spiro atoms. The number of benzene rings is 2. The molecule has 21 heavy (non-hydrogen) atoms. The van der Waals surface area contributed by atoms with E-state index >= 15 is 0 Å². The second kappa shape index (κ2) is 5.39. The van der Waals surface area contributed by atoms with Crippen LogP contribution in [-0.2, 0) is 0 Å². The van der Waals surface area contributed by atoms with Gasteiger partial charge in [-0.2, -0.15) is 0 Å². The van der Waals surface area contributed by atoms with E-state index in [0.717, 1.165) is 14.5 Å². The number of hydrogen-bond donors (Lipinski definition) is 0. The summed E-state index contributed by atoms with van der Waals surface area (Å²) in [5.41, 5.74) is 1.84. The molecule has 0 aliphatic carbocycles. The summed E-state index contributed by atoms with van der Waals surface area (Å²) in [5, 5.41) is 0. The highest BCUT2D eigenvalue weighted by molar-refractivity contribution is 9.10. The first-order valence-electron chi connectivity index (χ1n) is 6.42. The summed E-state index contributed by atoms with van der Waals surface area (Å²) in [7, 11) is 0. The average Bonchev–Trinajstić information content (AvgIpc) is 2.70. The maximum absolute atomic E-state index is 12.5.